The molecule has 2 aromatic heterocycles. The van der Waals surface area contributed by atoms with Gasteiger partial charge in [-0.05, 0) is 54.2 Å². The Bertz CT molecular complexity index is 1470. The van der Waals surface area contributed by atoms with E-state index in [2.05, 4.69) is 19.2 Å². The van der Waals surface area contributed by atoms with Crippen LogP contribution in [0.5, 0.6) is 0 Å². The number of halogens is 1. The topological polar surface area (TPSA) is 85.6 Å². The van der Waals surface area contributed by atoms with E-state index in [0.29, 0.717) is 38.9 Å². The number of hydrogen-bond donors (Lipinski definition) is 1. The van der Waals surface area contributed by atoms with E-state index in [1.165, 1.54) is 23.0 Å². The number of ether oxygens (including phenoxy) is 1. The van der Waals surface area contributed by atoms with Crippen LogP contribution in [0, 0.1) is 0 Å². The maximum atomic E-state index is 13.1. The minimum Gasteiger partial charge on any atom is -0.462 e. The van der Waals surface area contributed by atoms with Gasteiger partial charge >= 0.3 is 11.6 Å². The largest absolute Gasteiger partial charge is 0.462 e. The smallest absolute Gasteiger partial charge is 0.349 e. The summed E-state index contributed by atoms with van der Waals surface area (Å²) in [6, 6.07) is 14.2. The van der Waals surface area contributed by atoms with Crippen molar-refractivity contribution in [3.63, 3.8) is 0 Å². The number of thiophene rings is 1. The average molecular weight is 524 g/mol. The predicted molar refractivity (Wildman–Crippen MR) is 144 cm³/mol. The van der Waals surface area contributed by atoms with Crippen molar-refractivity contribution < 1.29 is 18.7 Å². The van der Waals surface area contributed by atoms with Crippen LogP contribution in [0.1, 0.15) is 65.8 Å². The van der Waals surface area contributed by atoms with Gasteiger partial charge in [-0.3, -0.25) is 4.79 Å². The molecule has 2 heterocycles. The zero-order valence-corrected chi connectivity index (χ0v) is 21.8. The van der Waals surface area contributed by atoms with Gasteiger partial charge in [0.2, 0.25) is 0 Å². The van der Waals surface area contributed by atoms with Crippen LogP contribution in [0.15, 0.2) is 63.1 Å². The first-order valence-electron chi connectivity index (χ1n) is 11.8. The molecule has 1 atom stereocenters. The Morgan fingerprint density at radius 3 is 2.56 bits per heavy atom. The standard InChI is InChI=1S/C28H26ClNO5S/c1-4-12-34-28(33)24-22(18-8-6-17(7-9-18)16(3)5-2)15-36-26(24)30-25(31)21-14-19-13-20(29)10-11-23(19)35-27(21)32/h6-11,13-16H,4-5,12H2,1-3H3,(H,30,31)/t16-/m0/s1. The van der Waals surface area contributed by atoms with Crippen LogP contribution in [0.4, 0.5) is 5.00 Å². The van der Waals surface area contributed by atoms with E-state index in [9.17, 15) is 14.4 Å². The summed E-state index contributed by atoms with van der Waals surface area (Å²) in [5, 5.41) is 5.79. The molecule has 0 aliphatic heterocycles. The van der Waals surface area contributed by atoms with Crippen LogP contribution in [-0.2, 0) is 4.74 Å². The van der Waals surface area contributed by atoms with Gasteiger partial charge in [0.05, 0.1) is 6.61 Å². The van der Waals surface area contributed by atoms with Gasteiger partial charge in [-0.2, -0.15) is 0 Å². The first-order chi connectivity index (χ1) is 17.3. The molecule has 1 N–H and O–H groups in total. The molecular formula is C28H26ClNO5S. The van der Waals surface area contributed by atoms with Crippen molar-refractivity contribution in [3.05, 3.63) is 86.0 Å². The summed E-state index contributed by atoms with van der Waals surface area (Å²) < 4.78 is 10.7. The minimum atomic E-state index is -0.783. The normalized spacial score (nSPS) is 11.9. The van der Waals surface area contributed by atoms with Gasteiger partial charge in [-0.15, -0.1) is 11.3 Å². The maximum Gasteiger partial charge on any atom is 0.349 e. The predicted octanol–water partition coefficient (Wildman–Crippen LogP) is 7.51. The fourth-order valence-corrected chi connectivity index (χ4v) is 4.91. The highest BCUT2D eigenvalue weighted by molar-refractivity contribution is 7.15. The summed E-state index contributed by atoms with van der Waals surface area (Å²) in [6.07, 6.45) is 1.69. The van der Waals surface area contributed by atoms with Crippen molar-refractivity contribution >= 4 is 50.8 Å². The quantitative estimate of drug-likeness (QED) is 0.191. The van der Waals surface area contributed by atoms with Crippen LogP contribution < -0.4 is 10.9 Å². The summed E-state index contributed by atoms with van der Waals surface area (Å²) in [4.78, 5) is 38.6. The summed E-state index contributed by atoms with van der Waals surface area (Å²) in [5.74, 6) is -0.795. The molecule has 0 radical (unpaired) electrons. The number of fused-ring (bicyclic) bond motifs is 1. The lowest BCUT2D eigenvalue weighted by atomic mass is 9.95. The lowest BCUT2D eigenvalue weighted by molar-refractivity contribution is 0.0507. The highest BCUT2D eigenvalue weighted by Gasteiger charge is 2.24. The second-order valence-electron chi connectivity index (χ2n) is 8.50. The van der Waals surface area contributed by atoms with E-state index in [1.807, 2.05) is 31.2 Å². The van der Waals surface area contributed by atoms with Crippen molar-refractivity contribution in [2.75, 3.05) is 11.9 Å². The molecule has 0 saturated carbocycles. The lowest BCUT2D eigenvalue weighted by Crippen LogP contribution is -2.21. The summed E-state index contributed by atoms with van der Waals surface area (Å²) in [5.41, 5.74) is 2.31. The fraction of sp³-hybridized carbons (Fsp3) is 0.250. The molecule has 0 saturated heterocycles. The van der Waals surface area contributed by atoms with E-state index < -0.39 is 17.5 Å². The molecule has 4 aromatic rings. The van der Waals surface area contributed by atoms with E-state index in [-0.39, 0.29) is 17.7 Å². The van der Waals surface area contributed by atoms with Crippen LogP contribution in [-0.4, -0.2) is 18.5 Å². The number of nitrogens with one attached hydrogen (secondary N) is 1. The van der Waals surface area contributed by atoms with Crippen molar-refractivity contribution in [3.8, 4) is 11.1 Å². The number of rotatable bonds is 8. The molecule has 4 rings (SSSR count). The van der Waals surface area contributed by atoms with E-state index in [4.69, 9.17) is 20.8 Å². The number of benzene rings is 2. The number of hydrogen-bond acceptors (Lipinski definition) is 6. The molecule has 8 heteroatoms. The van der Waals surface area contributed by atoms with Crippen LogP contribution in [0.3, 0.4) is 0 Å². The lowest BCUT2D eigenvalue weighted by Gasteiger charge is -2.11. The Balaban J connectivity index is 1.71. The van der Waals surface area contributed by atoms with Gasteiger partial charge < -0.3 is 14.5 Å². The third kappa shape index (κ3) is 5.37. The van der Waals surface area contributed by atoms with Crippen molar-refractivity contribution in [1.29, 1.82) is 0 Å². The molecule has 2 aromatic carbocycles. The molecule has 0 spiro atoms. The monoisotopic (exact) mass is 523 g/mol. The Morgan fingerprint density at radius 1 is 1.11 bits per heavy atom. The van der Waals surface area contributed by atoms with Crippen LogP contribution in [0.2, 0.25) is 5.02 Å². The summed E-state index contributed by atoms with van der Waals surface area (Å²) in [6.45, 7) is 6.46. The molecule has 0 aliphatic rings. The number of esters is 1. The van der Waals surface area contributed by atoms with Gasteiger partial charge in [0.1, 0.15) is 21.7 Å². The number of anilines is 1. The van der Waals surface area contributed by atoms with Crippen LogP contribution in [0.25, 0.3) is 22.1 Å². The average Bonchev–Trinajstić information content (AvgIpc) is 3.30. The van der Waals surface area contributed by atoms with Gasteiger partial charge in [0.15, 0.2) is 0 Å². The Morgan fingerprint density at radius 2 is 1.86 bits per heavy atom. The minimum absolute atomic E-state index is 0.189. The van der Waals surface area contributed by atoms with E-state index in [0.717, 1.165) is 12.0 Å². The SMILES string of the molecule is CCCOC(=O)c1c(-c2ccc([C@@H](C)CC)cc2)csc1NC(=O)c1cc2cc(Cl)ccc2oc1=O. The third-order valence-electron chi connectivity index (χ3n) is 6.00. The second-order valence-corrected chi connectivity index (χ2v) is 9.82. The van der Waals surface area contributed by atoms with Gasteiger partial charge in [0.25, 0.3) is 5.91 Å². The summed E-state index contributed by atoms with van der Waals surface area (Å²) >= 11 is 7.24. The molecule has 1 amide bonds. The molecule has 0 fully saturated rings. The Kier molecular flexibility index (Phi) is 7.91. The molecule has 186 valence electrons. The third-order valence-corrected chi connectivity index (χ3v) is 7.13. The molecular weight excluding hydrogens is 498 g/mol. The number of carbonyl (C=O) groups excluding carboxylic acids is 2. The van der Waals surface area contributed by atoms with E-state index in [1.54, 1.807) is 23.6 Å². The number of amides is 1. The zero-order valence-electron chi connectivity index (χ0n) is 20.2. The Labute approximate surface area is 217 Å². The van der Waals surface area contributed by atoms with Crippen molar-refractivity contribution in [2.24, 2.45) is 0 Å². The van der Waals surface area contributed by atoms with Crippen molar-refractivity contribution in [2.45, 2.75) is 39.5 Å². The molecule has 6 nitrogen and oxygen atoms in total. The highest BCUT2D eigenvalue weighted by atomic mass is 35.5. The highest BCUT2D eigenvalue weighted by Crippen LogP contribution is 2.37. The van der Waals surface area contributed by atoms with Gasteiger partial charge in [0, 0.05) is 21.4 Å². The van der Waals surface area contributed by atoms with Crippen LogP contribution >= 0.6 is 22.9 Å². The molecule has 0 bridgehead atoms. The van der Waals surface area contributed by atoms with Gasteiger partial charge in [-0.25, -0.2) is 9.59 Å². The zero-order chi connectivity index (χ0) is 25.8. The first-order valence-corrected chi connectivity index (χ1v) is 13.0. The molecule has 36 heavy (non-hydrogen) atoms. The Hall–Kier alpha value is -3.42. The molecule has 0 aliphatic carbocycles. The fourth-order valence-electron chi connectivity index (χ4n) is 3.78. The van der Waals surface area contributed by atoms with E-state index >= 15 is 0 Å². The number of carbonyl (C=O) groups is 2. The van der Waals surface area contributed by atoms with Crippen molar-refractivity contribution in [1.82, 2.24) is 0 Å². The summed E-state index contributed by atoms with van der Waals surface area (Å²) in [7, 11) is 0. The second kappa shape index (κ2) is 11.1. The molecule has 0 unspecified atom stereocenters. The van der Waals surface area contributed by atoms with Gasteiger partial charge in [-0.1, -0.05) is 56.6 Å². The maximum absolute atomic E-state index is 13.1. The first kappa shape index (κ1) is 25.7.